The number of fused-ring (bicyclic) bond motifs is 1. The zero-order valence-corrected chi connectivity index (χ0v) is 23.0. The van der Waals surface area contributed by atoms with Crippen molar-refractivity contribution in [1.82, 2.24) is 19.6 Å². The lowest BCUT2D eigenvalue weighted by molar-refractivity contribution is -0.150. The van der Waals surface area contributed by atoms with Gasteiger partial charge in [0.15, 0.2) is 10.8 Å². The molecule has 0 radical (unpaired) electrons. The Hall–Kier alpha value is -3.31. The highest BCUT2D eigenvalue weighted by molar-refractivity contribution is 8.02. The number of aliphatic carboxylic acids is 1. The molecule has 0 spiro atoms. The molecule has 14 nitrogen and oxygen atoms in total. The van der Waals surface area contributed by atoms with Crippen LogP contribution in [0.4, 0.5) is 5.13 Å². The van der Waals surface area contributed by atoms with Crippen molar-refractivity contribution in [3.8, 4) is 6.07 Å². The van der Waals surface area contributed by atoms with Gasteiger partial charge in [-0.15, -0.1) is 34.9 Å². The van der Waals surface area contributed by atoms with Crippen LogP contribution in [0.15, 0.2) is 31.0 Å². The molecule has 1 fully saturated rings. The average molecular weight is 612 g/mol. The molecule has 4 heterocycles. The number of nitriles is 1. The van der Waals surface area contributed by atoms with E-state index in [1.54, 1.807) is 0 Å². The summed E-state index contributed by atoms with van der Waals surface area (Å²) in [5.74, 6) is -2.16. The van der Waals surface area contributed by atoms with Crippen LogP contribution in [0.3, 0.4) is 0 Å². The Morgan fingerprint density at radius 3 is 2.79 bits per heavy atom. The topological polar surface area (TPSA) is 245 Å². The predicted molar refractivity (Wildman–Crippen MR) is 145 cm³/mol. The molecule has 0 saturated carbocycles. The summed E-state index contributed by atoms with van der Waals surface area (Å²) < 4.78 is 4.82. The van der Waals surface area contributed by atoms with E-state index in [1.165, 1.54) is 40.7 Å². The number of amides is 2. The molecule has 8 N–H and O–H groups in total. The van der Waals surface area contributed by atoms with Crippen molar-refractivity contribution in [1.29, 1.82) is 10.7 Å². The van der Waals surface area contributed by atoms with Crippen molar-refractivity contribution in [2.24, 2.45) is 10.9 Å². The largest absolute Gasteiger partial charge is 0.477 e. The van der Waals surface area contributed by atoms with Crippen molar-refractivity contribution >= 4 is 92.6 Å². The molecular formula is C19H17N9O5S5. The molecule has 0 aromatic carbocycles. The third-order valence-electron chi connectivity index (χ3n) is 5.10. The smallest absolute Gasteiger partial charge is 0.352 e. The first-order valence-electron chi connectivity index (χ1n) is 10.3. The van der Waals surface area contributed by atoms with Crippen LogP contribution in [0.5, 0.6) is 0 Å². The van der Waals surface area contributed by atoms with Crippen molar-refractivity contribution < 1.29 is 24.7 Å². The Bertz CT molecular complexity index is 1430. The van der Waals surface area contributed by atoms with E-state index in [2.05, 4.69) is 25.9 Å². The Morgan fingerprint density at radius 1 is 1.42 bits per heavy atom. The van der Waals surface area contributed by atoms with Gasteiger partial charge in [-0.25, -0.2) is 9.78 Å². The molecule has 2 aliphatic heterocycles. The van der Waals surface area contributed by atoms with Crippen LogP contribution in [0.2, 0.25) is 0 Å². The number of thiazole rings is 1. The molecule has 2 atom stereocenters. The number of nitrogens with two attached hydrogens (primary N) is 2. The van der Waals surface area contributed by atoms with Gasteiger partial charge >= 0.3 is 5.97 Å². The highest BCUT2D eigenvalue weighted by Gasteiger charge is 2.54. The maximum atomic E-state index is 12.9. The molecule has 2 aliphatic rings. The number of oxime groups is 1. The van der Waals surface area contributed by atoms with Crippen molar-refractivity contribution in [3.63, 3.8) is 0 Å². The number of anilines is 1. The lowest BCUT2D eigenvalue weighted by Gasteiger charge is -2.49. The summed E-state index contributed by atoms with van der Waals surface area (Å²) >= 11 is 5.81. The average Bonchev–Trinajstić information content (AvgIpc) is 3.49. The normalized spacial score (nSPS) is 19.0. The number of carboxylic acids is 1. The molecule has 38 heavy (non-hydrogen) atoms. The van der Waals surface area contributed by atoms with Gasteiger partial charge in [-0.05, 0) is 17.1 Å². The molecule has 0 bridgehead atoms. The van der Waals surface area contributed by atoms with Crippen LogP contribution < -0.4 is 16.8 Å². The fraction of sp³-hybridized carbons (Fsp3) is 0.263. The summed E-state index contributed by atoms with van der Waals surface area (Å²) in [6, 6.07) is 1.06. The number of nitrogens with one attached hydrogen (secondary N) is 2. The fourth-order valence-corrected chi connectivity index (χ4v) is 8.34. The van der Waals surface area contributed by atoms with Crippen LogP contribution in [0.25, 0.3) is 0 Å². The van der Waals surface area contributed by atoms with Gasteiger partial charge in [0, 0.05) is 16.9 Å². The van der Waals surface area contributed by atoms with Gasteiger partial charge in [0.2, 0.25) is 0 Å². The Morgan fingerprint density at radius 2 is 2.18 bits per heavy atom. The number of carbonyl (C=O) groups excluding carboxylic acids is 2. The summed E-state index contributed by atoms with van der Waals surface area (Å²) in [6.45, 7) is 0. The molecule has 0 unspecified atom stereocenters. The van der Waals surface area contributed by atoms with E-state index in [1.807, 2.05) is 0 Å². The van der Waals surface area contributed by atoms with Crippen LogP contribution in [-0.4, -0.2) is 82.6 Å². The van der Waals surface area contributed by atoms with Crippen LogP contribution in [0, 0.1) is 16.7 Å². The molecule has 19 heteroatoms. The van der Waals surface area contributed by atoms with Gasteiger partial charge in [-0.2, -0.15) is 9.64 Å². The van der Waals surface area contributed by atoms with E-state index >= 15 is 0 Å². The number of nitrogens with zero attached hydrogens (tertiary/aromatic N) is 5. The molecular weight excluding hydrogens is 595 g/mol. The second-order valence-corrected chi connectivity index (χ2v) is 12.5. The summed E-state index contributed by atoms with van der Waals surface area (Å²) in [5.41, 5.74) is 11.2. The lowest BCUT2D eigenvalue weighted by Crippen LogP contribution is -2.71. The number of thioether (sulfide) groups is 3. The monoisotopic (exact) mass is 611 g/mol. The number of aromatic nitrogens is 2. The highest BCUT2D eigenvalue weighted by Crippen LogP contribution is 2.43. The Labute approximate surface area is 235 Å². The van der Waals surface area contributed by atoms with E-state index in [-0.39, 0.29) is 39.6 Å². The first kappa shape index (κ1) is 27.7. The minimum Gasteiger partial charge on any atom is -0.477 e. The van der Waals surface area contributed by atoms with Gasteiger partial charge in [0.1, 0.15) is 45.3 Å². The number of carboxylic acid groups (broad SMARTS) is 1. The first-order valence-corrected chi connectivity index (χ1v) is 15.0. The highest BCUT2D eigenvalue weighted by atomic mass is 32.2. The minimum atomic E-state index is -1.29. The van der Waals surface area contributed by atoms with E-state index < -0.39 is 34.9 Å². The number of carbonyl (C=O) groups is 3. The molecule has 2 aromatic heterocycles. The van der Waals surface area contributed by atoms with Gasteiger partial charge in [0.25, 0.3) is 11.8 Å². The summed E-state index contributed by atoms with van der Waals surface area (Å²) in [7, 11) is 0. The predicted octanol–water partition coefficient (Wildman–Crippen LogP) is 0.791. The van der Waals surface area contributed by atoms with Crippen LogP contribution in [0.1, 0.15) is 11.3 Å². The van der Waals surface area contributed by atoms with Gasteiger partial charge in [-0.1, -0.05) is 16.9 Å². The second kappa shape index (κ2) is 11.6. The third-order valence-corrected chi connectivity index (χ3v) is 10.4. The van der Waals surface area contributed by atoms with Crippen molar-refractivity contribution in [2.45, 2.75) is 20.7 Å². The van der Waals surface area contributed by atoms with E-state index in [0.29, 0.717) is 20.4 Å². The van der Waals surface area contributed by atoms with Gasteiger partial charge in [-0.3, -0.25) is 19.9 Å². The number of rotatable bonds is 10. The van der Waals surface area contributed by atoms with Gasteiger partial charge in [0.05, 0.1) is 9.96 Å². The Kier molecular flexibility index (Phi) is 8.47. The SMILES string of the molecule is N#Cc1c(SCC(=N)N)nsc1SCC1=C(C(=O)O)N2C(=O)[C@@H](NC(=O)/C(=N\O)c3csc(N)n3)[C@H]2SC1. The molecule has 2 aromatic rings. The van der Waals surface area contributed by atoms with Gasteiger partial charge < -0.3 is 27.1 Å². The molecule has 198 valence electrons. The molecule has 0 aliphatic carbocycles. The number of nitrogen functional groups attached to an aromatic ring is 1. The zero-order chi connectivity index (χ0) is 27.6. The zero-order valence-electron chi connectivity index (χ0n) is 18.9. The molecule has 4 rings (SSSR count). The quantitative estimate of drug-likeness (QED) is 0.0544. The van der Waals surface area contributed by atoms with E-state index in [9.17, 15) is 30.0 Å². The number of hydrogen-bond acceptors (Lipinski definition) is 15. The van der Waals surface area contributed by atoms with E-state index in [4.69, 9.17) is 16.9 Å². The molecule has 1 saturated heterocycles. The van der Waals surface area contributed by atoms with E-state index in [0.717, 1.165) is 27.8 Å². The summed E-state index contributed by atoms with van der Waals surface area (Å²) in [6.07, 6.45) is 0. The van der Waals surface area contributed by atoms with Crippen molar-refractivity contribution in [2.75, 3.05) is 23.0 Å². The number of β-lactam (4-membered cyclic amide) rings is 1. The van der Waals surface area contributed by atoms with Crippen LogP contribution >= 0.6 is 58.2 Å². The minimum absolute atomic E-state index is 0.0421. The second-order valence-electron chi connectivity index (χ2n) is 7.50. The standard InChI is InChI=1S/C19H17N9O5S5/c20-1-7-14(34-5-9(21)22)27-38-18(7)36-3-6-2-35-16-11(15(30)28(16)12(6)17(31)32)25-13(29)10(26-33)8-4-37-19(23)24-8/h4,11,16,33H,2-3,5H2,(H3,21,22)(H2,23,24)(H,25,29)(H,31,32)/b26-10-/t11-,16-/m1/s1. The summed E-state index contributed by atoms with van der Waals surface area (Å²) in [5, 5.41) is 42.9. The van der Waals surface area contributed by atoms with Crippen molar-refractivity contribution in [3.05, 3.63) is 27.9 Å². The summed E-state index contributed by atoms with van der Waals surface area (Å²) in [4.78, 5) is 42.7. The fourth-order valence-electron chi connectivity index (χ4n) is 3.46. The Balaban J connectivity index is 1.47. The molecule has 2 amide bonds. The maximum Gasteiger partial charge on any atom is 0.352 e. The third kappa shape index (κ3) is 5.44. The van der Waals surface area contributed by atoms with Crippen LogP contribution in [-0.2, 0) is 14.4 Å². The number of amidine groups is 1. The maximum absolute atomic E-state index is 12.9. The number of hydrogen-bond donors (Lipinski definition) is 6. The first-order chi connectivity index (χ1) is 18.2. The lowest BCUT2D eigenvalue weighted by atomic mass is 10.0.